The lowest BCUT2D eigenvalue weighted by atomic mass is 9.93. The van der Waals surface area contributed by atoms with Crippen LogP contribution in [0.3, 0.4) is 0 Å². The Kier molecular flexibility index (Phi) is 7.08. The Balaban J connectivity index is 1.27. The molecule has 0 amide bonds. The lowest BCUT2D eigenvalue weighted by molar-refractivity contribution is -0.164. The van der Waals surface area contributed by atoms with Crippen LogP contribution < -0.4 is 9.47 Å². The van der Waals surface area contributed by atoms with E-state index in [0.717, 1.165) is 0 Å². The molecular formula is C31H28O12. The molecule has 0 bridgehead atoms. The predicted molar refractivity (Wildman–Crippen MR) is 148 cm³/mol. The monoisotopic (exact) mass is 592 g/mol. The van der Waals surface area contributed by atoms with Gasteiger partial charge in [0.1, 0.15) is 53.5 Å². The van der Waals surface area contributed by atoms with Gasteiger partial charge in [-0.15, -0.1) is 0 Å². The van der Waals surface area contributed by atoms with Crippen LogP contribution in [0.25, 0.3) is 0 Å². The number of benzene rings is 4. The molecule has 4 atom stereocenters. The number of hydrogen-bond acceptors (Lipinski definition) is 12. The van der Waals surface area contributed by atoms with Crippen molar-refractivity contribution < 1.29 is 59.8 Å². The molecule has 8 N–H and O–H groups in total. The number of phenolic OH excluding ortho intramolecular Hbond substituents is 8. The van der Waals surface area contributed by atoms with Crippen molar-refractivity contribution in [3.63, 3.8) is 0 Å². The molecule has 224 valence electrons. The fourth-order valence-electron chi connectivity index (χ4n) is 5.40. The van der Waals surface area contributed by atoms with Crippen molar-refractivity contribution in [1.82, 2.24) is 0 Å². The van der Waals surface area contributed by atoms with Gasteiger partial charge in [-0.2, -0.15) is 0 Å². The molecule has 4 aromatic carbocycles. The van der Waals surface area contributed by atoms with Crippen LogP contribution in [-0.2, 0) is 22.3 Å². The van der Waals surface area contributed by atoms with Crippen LogP contribution in [0.4, 0.5) is 0 Å². The molecule has 0 saturated carbocycles. The summed E-state index contributed by atoms with van der Waals surface area (Å²) in [4.78, 5) is 0. The summed E-state index contributed by atoms with van der Waals surface area (Å²) < 4.78 is 24.4. The molecule has 2 heterocycles. The zero-order chi connectivity index (χ0) is 30.4. The van der Waals surface area contributed by atoms with E-state index in [1.807, 2.05) is 0 Å². The Bertz CT molecular complexity index is 1560. The highest BCUT2D eigenvalue weighted by atomic mass is 16.7. The molecule has 4 aromatic rings. The van der Waals surface area contributed by atoms with Gasteiger partial charge in [0.25, 0.3) is 0 Å². The number of hydrogen-bond donors (Lipinski definition) is 8. The average molecular weight is 593 g/mol. The maximum Gasteiger partial charge on any atom is 0.157 e. The Labute approximate surface area is 244 Å². The second-order valence-electron chi connectivity index (χ2n) is 10.4. The number of aromatic hydroxyl groups is 8. The quantitative estimate of drug-likeness (QED) is 0.118. The zero-order valence-corrected chi connectivity index (χ0v) is 22.4. The van der Waals surface area contributed by atoms with Gasteiger partial charge in [-0.3, -0.25) is 0 Å². The zero-order valence-electron chi connectivity index (χ0n) is 22.4. The second kappa shape index (κ2) is 10.9. The highest BCUT2D eigenvalue weighted by Crippen LogP contribution is 2.46. The first-order valence-corrected chi connectivity index (χ1v) is 13.3. The van der Waals surface area contributed by atoms with Crippen LogP contribution in [0.5, 0.6) is 57.5 Å². The summed E-state index contributed by atoms with van der Waals surface area (Å²) in [5, 5.41) is 80.7. The minimum absolute atomic E-state index is 0.135. The highest BCUT2D eigenvalue weighted by molar-refractivity contribution is 5.53. The van der Waals surface area contributed by atoms with E-state index in [2.05, 4.69) is 0 Å². The first kappa shape index (κ1) is 27.9. The molecule has 0 radical (unpaired) electrons. The summed E-state index contributed by atoms with van der Waals surface area (Å²) in [6.45, 7) is -0.328. The fraction of sp³-hybridized carbons (Fsp3) is 0.226. The van der Waals surface area contributed by atoms with Gasteiger partial charge >= 0.3 is 0 Å². The van der Waals surface area contributed by atoms with Gasteiger partial charge in [-0.05, 0) is 35.4 Å². The molecule has 6 rings (SSSR count). The van der Waals surface area contributed by atoms with Crippen LogP contribution in [0.2, 0.25) is 0 Å². The molecule has 2 aliphatic heterocycles. The molecular weight excluding hydrogens is 564 g/mol. The number of fused-ring (bicyclic) bond motifs is 2. The van der Waals surface area contributed by atoms with Gasteiger partial charge in [0, 0.05) is 48.2 Å². The minimum atomic E-state index is -0.844. The Morgan fingerprint density at radius 2 is 0.930 bits per heavy atom. The molecule has 0 saturated heterocycles. The molecule has 12 heteroatoms. The van der Waals surface area contributed by atoms with Gasteiger partial charge in [0.2, 0.25) is 0 Å². The maximum absolute atomic E-state index is 10.5. The second-order valence-corrected chi connectivity index (χ2v) is 10.4. The topological polar surface area (TPSA) is 199 Å². The first-order valence-electron chi connectivity index (χ1n) is 13.3. The summed E-state index contributed by atoms with van der Waals surface area (Å²) in [5.41, 5.74) is 1.68. The van der Waals surface area contributed by atoms with Crippen molar-refractivity contribution in [2.75, 3.05) is 6.79 Å². The normalized spacial score (nSPS) is 20.8. The number of rotatable bonds is 6. The third-order valence-electron chi connectivity index (χ3n) is 7.55. The molecule has 0 fully saturated rings. The van der Waals surface area contributed by atoms with Gasteiger partial charge in [0.15, 0.2) is 35.2 Å². The van der Waals surface area contributed by atoms with E-state index >= 15 is 0 Å². The van der Waals surface area contributed by atoms with E-state index in [1.165, 1.54) is 48.5 Å². The fourth-order valence-corrected chi connectivity index (χ4v) is 5.40. The smallest absolute Gasteiger partial charge is 0.157 e. The van der Waals surface area contributed by atoms with E-state index in [1.54, 1.807) is 12.1 Å². The Morgan fingerprint density at radius 1 is 0.512 bits per heavy atom. The minimum Gasteiger partial charge on any atom is -0.508 e. The van der Waals surface area contributed by atoms with Crippen molar-refractivity contribution in [3.05, 3.63) is 82.9 Å². The summed E-state index contributed by atoms with van der Waals surface area (Å²) in [7, 11) is 0. The molecule has 0 aromatic heterocycles. The third-order valence-corrected chi connectivity index (χ3v) is 7.55. The van der Waals surface area contributed by atoms with Crippen LogP contribution in [0.1, 0.15) is 34.5 Å². The summed E-state index contributed by atoms with van der Waals surface area (Å²) in [6, 6.07) is 13.4. The summed E-state index contributed by atoms with van der Waals surface area (Å²) in [5.74, 6) is -1.74. The molecule has 1 unspecified atom stereocenters. The van der Waals surface area contributed by atoms with Crippen LogP contribution in [0, 0.1) is 0 Å². The largest absolute Gasteiger partial charge is 0.508 e. The van der Waals surface area contributed by atoms with E-state index in [-0.39, 0.29) is 77.1 Å². The first-order chi connectivity index (χ1) is 20.6. The van der Waals surface area contributed by atoms with Gasteiger partial charge in [-0.1, -0.05) is 12.1 Å². The average Bonchev–Trinajstić information content (AvgIpc) is 2.96. The number of ether oxygens (including phenoxy) is 4. The standard InChI is InChI=1S/C31H28O12/c32-16-7-22(36)18-11-28(30(42-26(18)9-16)14-1-3-20(34)24(38)5-14)40-13-41-29-12-19-23(37)8-17(33)10-27(19)43-31(29)15-2-4-21(35)25(39)6-15/h1-10,28-39H,11-13H2/t28-,29?,30+,31+/m1/s1. The van der Waals surface area contributed by atoms with E-state index < -0.39 is 24.4 Å². The SMILES string of the molecule is Oc1cc(O)c2c(c1)O[C@@H](c1ccc(O)c(O)c1)C(OCO[C@@H]1Cc3c(O)cc(O)cc3O[C@H]1c1ccc(O)c(O)c1)C2. The molecule has 0 aliphatic carbocycles. The highest BCUT2D eigenvalue weighted by Gasteiger charge is 2.37. The Morgan fingerprint density at radius 3 is 1.33 bits per heavy atom. The van der Waals surface area contributed by atoms with Gasteiger partial charge in [0.05, 0.1) is 0 Å². The number of phenols is 8. The van der Waals surface area contributed by atoms with Crippen molar-refractivity contribution in [2.45, 2.75) is 37.3 Å². The van der Waals surface area contributed by atoms with Crippen LogP contribution in [0.15, 0.2) is 60.7 Å². The van der Waals surface area contributed by atoms with Crippen LogP contribution >= 0.6 is 0 Å². The molecule has 43 heavy (non-hydrogen) atoms. The van der Waals surface area contributed by atoms with Gasteiger partial charge in [-0.25, -0.2) is 0 Å². The molecule has 0 spiro atoms. The third kappa shape index (κ3) is 5.41. The van der Waals surface area contributed by atoms with Crippen LogP contribution in [-0.4, -0.2) is 59.9 Å². The molecule has 2 aliphatic rings. The van der Waals surface area contributed by atoms with Crippen molar-refractivity contribution in [3.8, 4) is 57.5 Å². The van der Waals surface area contributed by atoms with Crippen molar-refractivity contribution in [1.29, 1.82) is 0 Å². The van der Waals surface area contributed by atoms with E-state index in [0.29, 0.717) is 22.3 Å². The Hall–Kier alpha value is -5.20. The van der Waals surface area contributed by atoms with E-state index in [4.69, 9.17) is 18.9 Å². The summed E-state index contributed by atoms with van der Waals surface area (Å²) in [6.07, 6.45) is -2.96. The summed E-state index contributed by atoms with van der Waals surface area (Å²) >= 11 is 0. The molecule has 12 nitrogen and oxygen atoms in total. The van der Waals surface area contributed by atoms with Crippen molar-refractivity contribution >= 4 is 0 Å². The predicted octanol–water partition coefficient (Wildman–Crippen LogP) is 4.11. The van der Waals surface area contributed by atoms with E-state index in [9.17, 15) is 40.9 Å². The van der Waals surface area contributed by atoms with Crippen molar-refractivity contribution in [2.24, 2.45) is 0 Å². The lowest BCUT2D eigenvalue weighted by Crippen LogP contribution is -2.37. The maximum atomic E-state index is 10.5. The van der Waals surface area contributed by atoms with Gasteiger partial charge < -0.3 is 59.8 Å². The lowest BCUT2D eigenvalue weighted by Gasteiger charge is -2.36.